The minimum absolute atomic E-state index is 0.0764. The highest BCUT2D eigenvalue weighted by Gasteiger charge is 2.24. The molecule has 96 valence electrons. The number of aromatic nitrogens is 2. The Kier molecular flexibility index (Phi) is 3.40. The molecule has 0 unspecified atom stereocenters. The van der Waals surface area contributed by atoms with Gasteiger partial charge in [0, 0.05) is 19.0 Å². The topological polar surface area (TPSA) is 109 Å². The number of aromatic carboxylic acids is 1. The van der Waals surface area contributed by atoms with E-state index in [1.165, 1.54) is 6.07 Å². The Morgan fingerprint density at radius 1 is 1.28 bits per heavy atom. The maximum atomic E-state index is 11.0. The van der Waals surface area contributed by atoms with Crippen molar-refractivity contribution < 1.29 is 14.7 Å². The fraction of sp³-hybridized carbons (Fsp3) is 0.455. The summed E-state index contributed by atoms with van der Waals surface area (Å²) >= 11 is 0. The highest BCUT2D eigenvalue weighted by molar-refractivity contribution is 5.85. The van der Waals surface area contributed by atoms with E-state index in [0.29, 0.717) is 31.7 Å². The molecule has 7 heteroatoms. The van der Waals surface area contributed by atoms with Crippen molar-refractivity contribution in [3.8, 4) is 0 Å². The molecule has 1 aliphatic heterocycles. The molecule has 1 aliphatic rings. The van der Waals surface area contributed by atoms with E-state index in [9.17, 15) is 9.59 Å². The van der Waals surface area contributed by atoms with Crippen molar-refractivity contribution >= 4 is 17.7 Å². The largest absolute Gasteiger partial charge is 0.476 e. The SMILES string of the molecule is NC(=O)C1CCN(c2ccc(C(=O)O)nn2)CC1. The minimum atomic E-state index is -1.10. The van der Waals surface area contributed by atoms with E-state index < -0.39 is 5.97 Å². The number of carbonyl (C=O) groups excluding carboxylic acids is 1. The van der Waals surface area contributed by atoms with Gasteiger partial charge in [-0.15, -0.1) is 10.2 Å². The van der Waals surface area contributed by atoms with Gasteiger partial charge in [0.1, 0.15) is 0 Å². The van der Waals surface area contributed by atoms with Crippen LogP contribution in [0.25, 0.3) is 0 Å². The van der Waals surface area contributed by atoms with Gasteiger partial charge >= 0.3 is 5.97 Å². The van der Waals surface area contributed by atoms with Crippen LogP contribution in [0.15, 0.2) is 12.1 Å². The van der Waals surface area contributed by atoms with Gasteiger partial charge in [0.05, 0.1) is 0 Å². The summed E-state index contributed by atoms with van der Waals surface area (Å²) in [4.78, 5) is 23.6. The summed E-state index contributed by atoms with van der Waals surface area (Å²) in [6, 6.07) is 3.05. The fourth-order valence-corrected chi connectivity index (χ4v) is 2.00. The third-order valence-corrected chi connectivity index (χ3v) is 3.09. The van der Waals surface area contributed by atoms with Gasteiger partial charge < -0.3 is 15.7 Å². The Balaban J connectivity index is 2.01. The smallest absolute Gasteiger partial charge is 0.356 e. The summed E-state index contributed by atoms with van der Waals surface area (Å²) in [5.41, 5.74) is 5.18. The molecule has 1 aromatic rings. The van der Waals surface area contributed by atoms with Gasteiger partial charge in [0.25, 0.3) is 0 Å². The van der Waals surface area contributed by atoms with Crippen molar-refractivity contribution in [2.45, 2.75) is 12.8 Å². The normalized spacial score (nSPS) is 16.6. The lowest BCUT2D eigenvalue weighted by atomic mass is 9.96. The Morgan fingerprint density at radius 3 is 2.39 bits per heavy atom. The van der Waals surface area contributed by atoms with Crippen molar-refractivity contribution in [2.75, 3.05) is 18.0 Å². The van der Waals surface area contributed by atoms with Gasteiger partial charge in [-0.25, -0.2) is 4.79 Å². The summed E-state index contributed by atoms with van der Waals surface area (Å²) < 4.78 is 0. The first kappa shape index (κ1) is 12.3. The first-order valence-electron chi connectivity index (χ1n) is 5.69. The monoisotopic (exact) mass is 250 g/mol. The molecule has 2 heterocycles. The van der Waals surface area contributed by atoms with Crippen LogP contribution in [0.2, 0.25) is 0 Å². The van der Waals surface area contributed by atoms with E-state index in [2.05, 4.69) is 10.2 Å². The van der Waals surface area contributed by atoms with Gasteiger partial charge in [0.15, 0.2) is 11.5 Å². The van der Waals surface area contributed by atoms with Crippen LogP contribution in [-0.2, 0) is 4.79 Å². The molecule has 0 bridgehead atoms. The molecule has 3 N–H and O–H groups in total. The van der Waals surface area contributed by atoms with Crippen LogP contribution < -0.4 is 10.6 Å². The summed E-state index contributed by atoms with van der Waals surface area (Å²) in [7, 11) is 0. The average molecular weight is 250 g/mol. The number of amides is 1. The number of anilines is 1. The van der Waals surface area contributed by atoms with Crippen molar-refractivity contribution in [1.82, 2.24) is 10.2 Å². The molecule has 18 heavy (non-hydrogen) atoms. The zero-order chi connectivity index (χ0) is 13.1. The predicted molar refractivity (Wildman–Crippen MR) is 63.1 cm³/mol. The molecule has 7 nitrogen and oxygen atoms in total. The van der Waals surface area contributed by atoms with Crippen LogP contribution in [0.1, 0.15) is 23.3 Å². The Hall–Kier alpha value is -2.18. The number of carboxylic acid groups (broad SMARTS) is 1. The summed E-state index contributed by atoms with van der Waals surface area (Å²) in [5, 5.41) is 16.2. The van der Waals surface area contributed by atoms with E-state index >= 15 is 0 Å². The lowest BCUT2D eigenvalue weighted by Gasteiger charge is -2.30. The number of nitrogens with zero attached hydrogens (tertiary/aromatic N) is 3. The number of hydrogen-bond donors (Lipinski definition) is 2. The van der Waals surface area contributed by atoms with Crippen molar-refractivity contribution in [3.05, 3.63) is 17.8 Å². The molecule has 0 saturated carbocycles. The highest BCUT2D eigenvalue weighted by atomic mass is 16.4. The maximum Gasteiger partial charge on any atom is 0.356 e. The number of carbonyl (C=O) groups is 2. The van der Waals surface area contributed by atoms with Crippen molar-refractivity contribution in [1.29, 1.82) is 0 Å². The van der Waals surface area contributed by atoms with E-state index in [1.807, 2.05) is 4.90 Å². The maximum absolute atomic E-state index is 11.0. The van der Waals surface area contributed by atoms with Crippen LogP contribution in [-0.4, -0.2) is 40.3 Å². The summed E-state index contributed by atoms with van der Waals surface area (Å²) in [6.07, 6.45) is 1.38. The molecular formula is C11H14N4O3. The molecule has 0 atom stereocenters. The number of piperidine rings is 1. The lowest BCUT2D eigenvalue weighted by molar-refractivity contribution is -0.122. The molecule has 0 aromatic carbocycles. The average Bonchev–Trinajstić information content (AvgIpc) is 2.39. The quantitative estimate of drug-likeness (QED) is 0.773. The fourth-order valence-electron chi connectivity index (χ4n) is 2.00. The zero-order valence-corrected chi connectivity index (χ0v) is 9.74. The second-order valence-electron chi connectivity index (χ2n) is 4.25. The third kappa shape index (κ3) is 2.55. The number of carboxylic acids is 1. The van der Waals surface area contributed by atoms with E-state index in [0.717, 1.165) is 0 Å². The molecule has 1 amide bonds. The van der Waals surface area contributed by atoms with E-state index in [1.54, 1.807) is 6.07 Å². The van der Waals surface area contributed by atoms with E-state index in [-0.39, 0.29) is 17.5 Å². The second-order valence-corrected chi connectivity index (χ2v) is 4.25. The number of primary amides is 1. The molecule has 1 saturated heterocycles. The molecule has 1 fully saturated rings. The second kappa shape index (κ2) is 4.99. The summed E-state index contributed by atoms with van der Waals surface area (Å²) in [6.45, 7) is 1.35. The lowest BCUT2D eigenvalue weighted by Crippen LogP contribution is -2.39. The van der Waals surface area contributed by atoms with Crippen LogP contribution in [0, 0.1) is 5.92 Å². The van der Waals surface area contributed by atoms with E-state index in [4.69, 9.17) is 10.8 Å². The number of rotatable bonds is 3. The van der Waals surface area contributed by atoms with Crippen molar-refractivity contribution in [2.24, 2.45) is 11.7 Å². The molecule has 1 aromatic heterocycles. The van der Waals surface area contributed by atoms with Crippen LogP contribution in [0.3, 0.4) is 0 Å². The van der Waals surface area contributed by atoms with Gasteiger partial charge in [0.2, 0.25) is 5.91 Å². The predicted octanol–water partition coefficient (Wildman–Crippen LogP) is -0.124. The molecular weight excluding hydrogens is 236 g/mol. The number of nitrogens with two attached hydrogens (primary N) is 1. The first-order valence-corrected chi connectivity index (χ1v) is 5.69. The standard InChI is InChI=1S/C11H14N4O3/c12-10(16)7-3-5-15(6-4-7)9-2-1-8(11(17)18)13-14-9/h1-2,7H,3-6H2,(H2,12,16)(H,17,18). The van der Waals surface area contributed by atoms with Gasteiger partial charge in [-0.3, -0.25) is 4.79 Å². The van der Waals surface area contributed by atoms with Gasteiger partial charge in [-0.1, -0.05) is 0 Å². The Morgan fingerprint density at radius 2 is 1.94 bits per heavy atom. The van der Waals surface area contributed by atoms with Crippen molar-refractivity contribution in [3.63, 3.8) is 0 Å². The minimum Gasteiger partial charge on any atom is -0.476 e. The molecule has 0 aliphatic carbocycles. The highest BCUT2D eigenvalue weighted by Crippen LogP contribution is 2.20. The zero-order valence-electron chi connectivity index (χ0n) is 9.74. The number of hydrogen-bond acceptors (Lipinski definition) is 5. The first-order chi connectivity index (χ1) is 8.58. The Labute approximate surface area is 104 Å². The molecule has 0 radical (unpaired) electrons. The molecule has 0 spiro atoms. The summed E-state index contributed by atoms with van der Waals surface area (Å²) in [5.74, 6) is -0.807. The van der Waals surface area contributed by atoms with Crippen LogP contribution in [0.4, 0.5) is 5.82 Å². The molecule has 2 rings (SSSR count). The third-order valence-electron chi connectivity index (χ3n) is 3.09. The van der Waals surface area contributed by atoms with Crippen LogP contribution >= 0.6 is 0 Å². The van der Waals surface area contributed by atoms with Gasteiger partial charge in [-0.2, -0.15) is 0 Å². The van der Waals surface area contributed by atoms with Gasteiger partial charge in [-0.05, 0) is 25.0 Å². The van der Waals surface area contributed by atoms with Crippen LogP contribution in [0.5, 0.6) is 0 Å². The Bertz CT molecular complexity index is 452.